The summed E-state index contributed by atoms with van der Waals surface area (Å²) in [6.45, 7) is 9.11. The van der Waals surface area contributed by atoms with Gasteiger partial charge < -0.3 is 9.88 Å². The van der Waals surface area contributed by atoms with E-state index in [2.05, 4.69) is 45.4 Å². The lowest BCUT2D eigenvalue weighted by molar-refractivity contribution is -0.113. The number of aryl methyl sites for hydroxylation is 2. The maximum Gasteiger partial charge on any atom is 0.234 e. The lowest BCUT2D eigenvalue weighted by atomic mass is 10.1. The fraction of sp³-hybridized carbons (Fsp3) is 0.350. The van der Waals surface area contributed by atoms with E-state index < -0.39 is 0 Å². The van der Waals surface area contributed by atoms with Gasteiger partial charge >= 0.3 is 0 Å². The average molecular weight is 401 g/mol. The molecule has 3 rings (SSSR count). The molecule has 0 bridgehead atoms. The third kappa shape index (κ3) is 4.59. The van der Waals surface area contributed by atoms with Gasteiger partial charge in [-0.3, -0.25) is 4.79 Å². The van der Waals surface area contributed by atoms with Crippen molar-refractivity contribution in [1.29, 1.82) is 0 Å². The number of nitrogens with one attached hydrogen (secondary N) is 1. The van der Waals surface area contributed by atoms with Gasteiger partial charge in [0.1, 0.15) is 0 Å². The van der Waals surface area contributed by atoms with Crippen molar-refractivity contribution in [2.45, 2.75) is 45.8 Å². The lowest BCUT2D eigenvalue weighted by Gasteiger charge is -2.11. The molecule has 0 fully saturated rings. The number of anilines is 1. The molecule has 2 heterocycles. The molecule has 0 saturated carbocycles. The van der Waals surface area contributed by atoms with E-state index in [1.54, 1.807) is 11.3 Å². The maximum atomic E-state index is 12.4. The molecule has 1 amide bonds. The Hall–Kier alpha value is -2.12. The predicted octanol–water partition coefficient (Wildman–Crippen LogP) is 5.07. The van der Waals surface area contributed by atoms with Gasteiger partial charge in [-0.15, -0.1) is 21.5 Å². The largest absolute Gasteiger partial charge is 0.325 e. The van der Waals surface area contributed by atoms with Gasteiger partial charge in [-0.1, -0.05) is 30.8 Å². The van der Waals surface area contributed by atoms with Crippen LogP contribution in [0.15, 0.2) is 34.8 Å². The molecule has 0 aliphatic carbocycles. The number of carbonyl (C=O) groups excluding carboxylic acids is 1. The molecule has 0 spiro atoms. The van der Waals surface area contributed by atoms with E-state index in [-0.39, 0.29) is 5.91 Å². The number of aromatic nitrogens is 3. The third-order valence-electron chi connectivity index (χ3n) is 4.36. The fourth-order valence-corrected chi connectivity index (χ4v) is 4.24. The molecule has 0 atom stereocenters. The molecule has 142 valence electrons. The third-order valence-corrected chi connectivity index (χ3v) is 6.19. The van der Waals surface area contributed by atoms with Crippen molar-refractivity contribution in [1.82, 2.24) is 14.8 Å². The molecular formula is C20H24N4OS2. The highest BCUT2D eigenvalue weighted by atomic mass is 32.2. The Morgan fingerprint density at radius 3 is 2.78 bits per heavy atom. The first kappa shape index (κ1) is 19.6. The van der Waals surface area contributed by atoms with Crippen LogP contribution in [0.1, 0.15) is 29.3 Å². The topological polar surface area (TPSA) is 59.8 Å². The maximum absolute atomic E-state index is 12.4. The first-order chi connectivity index (χ1) is 13.0. The highest BCUT2D eigenvalue weighted by Crippen LogP contribution is 2.28. The molecule has 3 aromatic rings. The van der Waals surface area contributed by atoms with E-state index in [0.29, 0.717) is 5.75 Å². The van der Waals surface area contributed by atoms with Crippen LogP contribution in [0.4, 0.5) is 5.69 Å². The Labute approximate surface area is 168 Å². The molecule has 0 aliphatic rings. The van der Waals surface area contributed by atoms with Gasteiger partial charge in [-0.25, -0.2) is 0 Å². The number of rotatable bonds is 7. The lowest BCUT2D eigenvalue weighted by Crippen LogP contribution is -2.15. The van der Waals surface area contributed by atoms with Crippen molar-refractivity contribution in [3.8, 4) is 11.4 Å². The van der Waals surface area contributed by atoms with Crippen LogP contribution in [-0.4, -0.2) is 26.4 Å². The average Bonchev–Trinajstić information content (AvgIpc) is 3.24. The Balaban J connectivity index is 1.71. The van der Waals surface area contributed by atoms with Crippen LogP contribution in [0.3, 0.4) is 0 Å². The number of hydrogen-bond acceptors (Lipinski definition) is 5. The van der Waals surface area contributed by atoms with Gasteiger partial charge in [-0.05, 0) is 50.5 Å². The van der Waals surface area contributed by atoms with Gasteiger partial charge in [0.25, 0.3) is 0 Å². The van der Waals surface area contributed by atoms with Crippen LogP contribution in [-0.2, 0) is 11.3 Å². The SMILES string of the molecule is CCCn1c(SCC(=O)Nc2cccc(C)c2C)nnc1-c1csc(C)c1. The monoisotopic (exact) mass is 400 g/mol. The smallest absolute Gasteiger partial charge is 0.234 e. The molecule has 0 saturated heterocycles. The van der Waals surface area contributed by atoms with E-state index in [1.807, 2.05) is 32.0 Å². The molecule has 1 N–H and O–H groups in total. The second-order valence-electron chi connectivity index (χ2n) is 6.49. The van der Waals surface area contributed by atoms with Gasteiger partial charge in [0.2, 0.25) is 5.91 Å². The molecule has 1 aromatic carbocycles. The van der Waals surface area contributed by atoms with E-state index in [9.17, 15) is 4.79 Å². The molecule has 2 aromatic heterocycles. The summed E-state index contributed by atoms with van der Waals surface area (Å²) < 4.78 is 2.11. The summed E-state index contributed by atoms with van der Waals surface area (Å²) in [5.74, 6) is 1.14. The molecular weight excluding hydrogens is 376 g/mol. The number of thioether (sulfide) groups is 1. The van der Waals surface area contributed by atoms with Crippen molar-refractivity contribution in [2.24, 2.45) is 0 Å². The summed E-state index contributed by atoms with van der Waals surface area (Å²) in [6.07, 6.45) is 0.983. The van der Waals surface area contributed by atoms with Crippen LogP contribution >= 0.6 is 23.1 Å². The summed E-state index contributed by atoms with van der Waals surface area (Å²) in [5.41, 5.74) is 4.22. The van der Waals surface area contributed by atoms with Gasteiger partial charge in [0.15, 0.2) is 11.0 Å². The van der Waals surface area contributed by atoms with Crippen molar-refractivity contribution in [2.75, 3.05) is 11.1 Å². The zero-order valence-corrected chi connectivity index (χ0v) is 17.7. The first-order valence-corrected chi connectivity index (χ1v) is 10.8. The Kier molecular flexibility index (Phi) is 6.34. The first-order valence-electron chi connectivity index (χ1n) is 8.97. The number of benzene rings is 1. The molecule has 0 radical (unpaired) electrons. The van der Waals surface area contributed by atoms with Crippen molar-refractivity contribution in [3.05, 3.63) is 45.6 Å². The second kappa shape index (κ2) is 8.71. The van der Waals surface area contributed by atoms with Gasteiger partial charge in [0, 0.05) is 28.1 Å². The van der Waals surface area contributed by atoms with Crippen LogP contribution in [0, 0.1) is 20.8 Å². The van der Waals surface area contributed by atoms with Gasteiger partial charge in [-0.2, -0.15) is 0 Å². The zero-order chi connectivity index (χ0) is 19.4. The van der Waals surface area contributed by atoms with Crippen LogP contribution < -0.4 is 5.32 Å². The number of amides is 1. The fourth-order valence-electron chi connectivity index (χ4n) is 2.80. The van der Waals surface area contributed by atoms with Gasteiger partial charge in [0.05, 0.1) is 5.75 Å². The van der Waals surface area contributed by atoms with E-state index >= 15 is 0 Å². The minimum Gasteiger partial charge on any atom is -0.325 e. The van der Waals surface area contributed by atoms with E-state index in [1.165, 1.54) is 22.2 Å². The number of carbonyl (C=O) groups is 1. The molecule has 0 aliphatic heterocycles. The molecule has 27 heavy (non-hydrogen) atoms. The Morgan fingerprint density at radius 1 is 1.26 bits per heavy atom. The summed E-state index contributed by atoms with van der Waals surface area (Å²) in [5, 5.41) is 14.6. The molecule has 0 unspecified atom stereocenters. The van der Waals surface area contributed by atoms with Crippen molar-refractivity contribution < 1.29 is 4.79 Å². The summed E-state index contributed by atoms with van der Waals surface area (Å²) in [4.78, 5) is 13.7. The van der Waals surface area contributed by atoms with E-state index in [4.69, 9.17) is 0 Å². The number of hydrogen-bond donors (Lipinski definition) is 1. The minimum atomic E-state index is -0.0346. The number of nitrogens with zero attached hydrogens (tertiary/aromatic N) is 3. The summed E-state index contributed by atoms with van der Waals surface area (Å²) >= 11 is 3.13. The number of thiophene rings is 1. The molecule has 7 heteroatoms. The quantitative estimate of drug-likeness (QED) is 0.562. The van der Waals surface area contributed by atoms with Crippen LogP contribution in [0.25, 0.3) is 11.4 Å². The highest BCUT2D eigenvalue weighted by Gasteiger charge is 2.16. The standard InChI is InChI=1S/C20H24N4OS2/c1-5-9-24-19(16-10-14(3)26-11-16)22-23-20(24)27-12-18(25)21-17-8-6-7-13(2)15(17)4/h6-8,10-11H,5,9,12H2,1-4H3,(H,21,25). The van der Waals surface area contributed by atoms with Crippen molar-refractivity contribution >= 4 is 34.7 Å². The Morgan fingerprint density at radius 2 is 2.07 bits per heavy atom. The molecule has 5 nitrogen and oxygen atoms in total. The minimum absolute atomic E-state index is 0.0346. The Bertz CT molecular complexity index is 945. The predicted molar refractivity (Wildman–Crippen MR) is 114 cm³/mol. The van der Waals surface area contributed by atoms with Crippen LogP contribution in [0.2, 0.25) is 0 Å². The highest BCUT2D eigenvalue weighted by molar-refractivity contribution is 7.99. The normalized spacial score (nSPS) is 11.0. The summed E-state index contributed by atoms with van der Waals surface area (Å²) in [7, 11) is 0. The van der Waals surface area contributed by atoms with Crippen molar-refractivity contribution in [3.63, 3.8) is 0 Å². The zero-order valence-electron chi connectivity index (χ0n) is 16.1. The van der Waals surface area contributed by atoms with E-state index in [0.717, 1.165) is 40.8 Å². The summed E-state index contributed by atoms with van der Waals surface area (Å²) in [6, 6.07) is 8.06. The van der Waals surface area contributed by atoms with Crippen LogP contribution in [0.5, 0.6) is 0 Å². The second-order valence-corrected chi connectivity index (χ2v) is 8.55.